The van der Waals surface area contributed by atoms with Crippen LogP contribution in [0, 0.1) is 28.6 Å². The molecule has 1 aliphatic heterocycles. The second kappa shape index (κ2) is 7.58. The zero-order valence-corrected chi connectivity index (χ0v) is 15.7. The topological polar surface area (TPSA) is 106 Å². The molecular formula is C21H20N4O3. The third-order valence-corrected chi connectivity index (χ3v) is 5.09. The summed E-state index contributed by atoms with van der Waals surface area (Å²) in [5, 5.41) is 22.6. The van der Waals surface area contributed by atoms with Gasteiger partial charge in [0.1, 0.15) is 11.3 Å². The highest BCUT2D eigenvalue weighted by atomic mass is 16.5. The van der Waals surface area contributed by atoms with E-state index in [0.717, 1.165) is 21.4 Å². The van der Waals surface area contributed by atoms with E-state index < -0.39 is 23.4 Å². The van der Waals surface area contributed by atoms with Crippen LogP contribution in [-0.2, 0) is 10.3 Å². The number of imide groups is 1. The Labute approximate surface area is 163 Å². The van der Waals surface area contributed by atoms with Crippen molar-refractivity contribution in [3.8, 4) is 17.9 Å². The number of nitriles is 2. The van der Waals surface area contributed by atoms with Crippen molar-refractivity contribution in [3.63, 3.8) is 0 Å². The highest BCUT2D eigenvalue weighted by Gasteiger charge is 2.49. The number of methoxy groups -OCH3 is 1. The van der Waals surface area contributed by atoms with Gasteiger partial charge in [-0.25, -0.2) is 4.79 Å². The van der Waals surface area contributed by atoms with Gasteiger partial charge in [0.2, 0.25) is 0 Å². The maximum absolute atomic E-state index is 13.0. The van der Waals surface area contributed by atoms with Crippen LogP contribution < -0.4 is 10.1 Å². The van der Waals surface area contributed by atoms with Crippen LogP contribution in [-0.4, -0.2) is 30.5 Å². The highest BCUT2D eigenvalue weighted by Crippen LogP contribution is 2.32. The van der Waals surface area contributed by atoms with Crippen LogP contribution in [0.15, 0.2) is 36.4 Å². The highest BCUT2D eigenvalue weighted by molar-refractivity contribution is 6.07. The molecule has 2 aromatic rings. The number of carbonyl (C=O) groups is 2. The Balaban J connectivity index is 1.89. The molecule has 7 heteroatoms. The predicted octanol–water partition coefficient (Wildman–Crippen LogP) is 3.06. The number of amides is 3. The van der Waals surface area contributed by atoms with E-state index in [1.807, 2.05) is 36.4 Å². The molecule has 0 spiro atoms. The van der Waals surface area contributed by atoms with E-state index in [4.69, 9.17) is 10.00 Å². The summed E-state index contributed by atoms with van der Waals surface area (Å²) in [7, 11) is 1.60. The fourth-order valence-corrected chi connectivity index (χ4v) is 3.38. The molecule has 0 saturated carbocycles. The van der Waals surface area contributed by atoms with Gasteiger partial charge in [0, 0.05) is 13.0 Å². The van der Waals surface area contributed by atoms with Gasteiger partial charge in [-0.05, 0) is 47.9 Å². The average Bonchev–Trinajstić information content (AvgIpc) is 2.93. The lowest BCUT2D eigenvalue weighted by atomic mass is 9.90. The summed E-state index contributed by atoms with van der Waals surface area (Å²) < 4.78 is 5.23. The minimum atomic E-state index is -1.21. The molecule has 0 bridgehead atoms. The molecule has 1 N–H and O–H groups in total. The van der Waals surface area contributed by atoms with Crippen LogP contribution in [0.1, 0.15) is 25.3 Å². The quantitative estimate of drug-likeness (QED) is 0.780. The van der Waals surface area contributed by atoms with Crippen LogP contribution in [0.2, 0.25) is 0 Å². The molecule has 1 saturated heterocycles. The number of urea groups is 1. The second-order valence-corrected chi connectivity index (χ2v) is 6.92. The van der Waals surface area contributed by atoms with Crippen LogP contribution in [0.25, 0.3) is 10.8 Å². The number of hydrogen-bond acceptors (Lipinski definition) is 5. The van der Waals surface area contributed by atoms with Crippen molar-refractivity contribution < 1.29 is 14.3 Å². The van der Waals surface area contributed by atoms with E-state index in [0.29, 0.717) is 12.0 Å². The van der Waals surface area contributed by atoms with E-state index in [9.17, 15) is 14.9 Å². The van der Waals surface area contributed by atoms with E-state index in [-0.39, 0.29) is 13.0 Å². The van der Waals surface area contributed by atoms with Gasteiger partial charge in [0.05, 0.1) is 25.2 Å². The Bertz CT molecular complexity index is 1020. The molecule has 2 aromatic carbocycles. The smallest absolute Gasteiger partial charge is 0.325 e. The van der Waals surface area contributed by atoms with Gasteiger partial charge in [-0.1, -0.05) is 18.2 Å². The van der Waals surface area contributed by atoms with Crippen molar-refractivity contribution >= 4 is 22.7 Å². The Morgan fingerprint density at radius 2 is 1.89 bits per heavy atom. The maximum Gasteiger partial charge on any atom is 0.325 e. The number of nitrogens with zero attached hydrogens (tertiary/aromatic N) is 3. The first kappa shape index (κ1) is 19.2. The Hall–Kier alpha value is -3.58. The number of fused-ring (bicyclic) bond motifs is 1. The fraction of sp³-hybridized carbons (Fsp3) is 0.333. The van der Waals surface area contributed by atoms with Gasteiger partial charge in [-0.3, -0.25) is 9.69 Å². The monoisotopic (exact) mass is 376 g/mol. The van der Waals surface area contributed by atoms with Crippen molar-refractivity contribution in [1.82, 2.24) is 10.2 Å². The van der Waals surface area contributed by atoms with Gasteiger partial charge in [-0.2, -0.15) is 10.5 Å². The summed E-state index contributed by atoms with van der Waals surface area (Å²) in [6.45, 7) is 1.64. The first-order chi connectivity index (χ1) is 13.4. The van der Waals surface area contributed by atoms with Gasteiger partial charge in [0.25, 0.3) is 5.91 Å². The molecule has 0 aliphatic carbocycles. The molecular weight excluding hydrogens is 356 g/mol. The number of hydrogen-bond donors (Lipinski definition) is 1. The average molecular weight is 376 g/mol. The van der Waals surface area contributed by atoms with E-state index in [1.54, 1.807) is 20.1 Å². The summed E-state index contributed by atoms with van der Waals surface area (Å²) in [6, 6.07) is 14.7. The molecule has 1 heterocycles. The zero-order valence-electron chi connectivity index (χ0n) is 15.7. The largest absolute Gasteiger partial charge is 0.497 e. The van der Waals surface area contributed by atoms with Gasteiger partial charge >= 0.3 is 6.03 Å². The van der Waals surface area contributed by atoms with Crippen molar-refractivity contribution in [3.05, 3.63) is 42.0 Å². The third-order valence-electron chi connectivity index (χ3n) is 5.09. The number of rotatable bonds is 6. The van der Waals surface area contributed by atoms with Crippen LogP contribution >= 0.6 is 0 Å². The summed E-state index contributed by atoms with van der Waals surface area (Å²) >= 11 is 0. The number of ether oxygens (including phenoxy) is 1. The minimum Gasteiger partial charge on any atom is -0.497 e. The lowest BCUT2D eigenvalue weighted by Gasteiger charge is -2.23. The summed E-state index contributed by atoms with van der Waals surface area (Å²) in [6.07, 6.45) is 0.520. The predicted molar refractivity (Wildman–Crippen MR) is 102 cm³/mol. The molecule has 3 amide bonds. The summed E-state index contributed by atoms with van der Waals surface area (Å²) in [5.74, 6) is -0.230. The minimum absolute atomic E-state index is 0.0246. The second-order valence-electron chi connectivity index (χ2n) is 6.92. The number of nitrogens with one attached hydrogen (secondary N) is 1. The van der Waals surface area contributed by atoms with Crippen molar-refractivity contribution in [2.45, 2.75) is 25.3 Å². The van der Waals surface area contributed by atoms with E-state index >= 15 is 0 Å². The Kier molecular flexibility index (Phi) is 5.19. The molecule has 7 nitrogen and oxygen atoms in total. The first-order valence-electron chi connectivity index (χ1n) is 8.92. The lowest BCUT2D eigenvalue weighted by molar-refractivity contribution is -0.131. The summed E-state index contributed by atoms with van der Waals surface area (Å²) in [4.78, 5) is 26.6. The van der Waals surface area contributed by atoms with Crippen LogP contribution in [0.3, 0.4) is 0 Å². The molecule has 0 radical (unpaired) electrons. The van der Waals surface area contributed by atoms with Crippen LogP contribution in [0.4, 0.5) is 4.79 Å². The first-order valence-corrected chi connectivity index (χ1v) is 8.92. The number of carbonyl (C=O) groups excluding carboxylic acids is 2. The van der Waals surface area contributed by atoms with Gasteiger partial charge in [0.15, 0.2) is 0 Å². The standard InChI is InChI=1S/C21H20N4O3/c1-21(17-7-5-16-11-18(28-2)8-6-15(16)10-17)19(26)25(20(27)24-21)13-14(12-23)4-3-9-22/h5-8,10-11,14H,3-4,13H2,1-2H3,(H,24,27)/t14-,21-/m1/s1. The fourth-order valence-electron chi connectivity index (χ4n) is 3.38. The van der Waals surface area contributed by atoms with E-state index in [1.165, 1.54) is 0 Å². The number of benzene rings is 2. The zero-order chi connectivity index (χ0) is 20.3. The van der Waals surface area contributed by atoms with E-state index in [2.05, 4.69) is 11.4 Å². The molecule has 1 fully saturated rings. The molecule has 142 valence electrons. The normalized spacial score (nSPS) is 19.8. The molecule has 1 aliphatic rings. The molecule has 28 heavy (non-hydrogen) atoms. The van der Waals surface area contributed by atoms with Crippen LogP contribution in [0.5, 0.6) is 5.75 Å². The maximum atomic E-state index is 13.0. The van der Waals surface area contributed by atoms with Crippen molar-refractivity contribution in [2.24, 2.45) is 5.92 Å². The lowest BCUT2D eigenvalue weighted by Crippen LogP contribution is -2.41. The molecule has 2 atom stereocenters. The molecule has 0 aromatic heterocycles. The Morgan fingerprint density at radius 3 is 2.57 bits per heavy atom. The van der Waals surface area contributed by atoms with Crippen molar-refractivity contribution in [1.29, 1.82) is 10.5 Å². The molecule has 3 rings (SSSR count). The third kappa shape index (κ3) is 3.35. The molecule has 0 unspecified atom stereocenters. The van der Waals surface area contributed by atoms with Crippen molar-refractivity contribution in [2.75, 3.05) is 13.7 Å². The summed E-state index contributed by atoms with van der Waals surface area (Å²) in [5.41, 5.74) is -0.544. The Morgan fingerprint density at radius 1 is 1.18 bits per heavy atom. The SMILES string of the molecule is COc1ccc2cc([C@@]3(C)NC(=O)N(C[C@@H](C#N)CCC#N)C3=O)ccc2c1. The van der Waals surface area contributed by atoms with Gasteiger partial charge in [-0.15, -0.1) is 0 Å². The van der Waals surface area contributed by atoms with Gasteiger partial charge < -0.3 is 10.1 Å².